The second-order valence-corrected chi connectivity index (χ2v) is 9.14. The molecule has 0 aromatic carbocycles. The van der Waals surface area contributed by atoms with Crippen molar-refractivity contribution in [1.82, 2.24) is 0 Å². The molecule has 132 valence electrons. The molecule has 0 bridgehead atoms. The standard InChI is InChI=1S/C18H30O5/c1-15(22)8-5-11-16(2)6-4-7-17(3,14(20)21)12(16)9-13(19)18(11,23)10-15/h11-13,19,22-23H,4-10H2,1-3H3,(H,20,21)/t11-,12-,13+,15+,16-,17-,18-/m1/s1. The highest BCUT2D eigenvalue weighted by atomic mass is 16.4. The summed E-state index contributed by atoms with van der Waals surface area (Å²) in [6.07, 6.45) is 3.02. The van der Waals surface area contributed by atoms with Crippen molar-refractivity contribution in [2.24, 2.45) is 22.7 Å². The smallest absolute Gasteiger partial charge is 0.309 e. The Balaban J connectivity index is 2.04. The van der Waals surface area contributed by atoms with Crippen LogP contribution in [-0.2, 0) is 4.79 Å². The van der Waals surface area contributed by atoms with Crippen molar-refractivity contribution in [3.05, 3.63) is 0 Å². The van der Waals surface area contributed by atoms with Crippen LogP contribution in [-0.4, -0.2) is 43.7 Å². The van der Waals surface area contributed by atoms with Crippen molar-refractivity contribution in [1.29, 1.82) is 0 Å². The maximum atomic E-state index is 11.9. The quantitative estimate of drug-likeness (QED) is 0.590. The van der Waals surface area contributed by atoms with E-state index in [0.29, 0.717) is 25.7 Å². The molecule has 0 spiro atoms. The predicted molar refractivity (Wildman–Crippen MR) is 84.7 cm³/mol. The van der Waals surface area contributed by atoms with Gasteiger partial charge in [-0.3, -0.25) is 4.79 Å². The topological polar surface area (TPSA) is 98.0 Å². The largest absolute Gasteiger partial charge is 0.481 e. The number of hydrogen-bond acceptors (Lipinski definition) is 4. The van der Waals surface area contributed by atoms with Crippen LogP contribution in [0.15, 0.2) is 0 Å². The Morgan fingerprint density at radius 1 is 1.04 bits per heavy atom. The van der Waals surface area contributed by atoms with Crippen LogP contribution in [0.3, 0.4) is 0 Å². The van der Waals surface area contributed by atoms with Crippen LogP contribution in [0.5, 0.6) is 0 Å². The lowest BCUT2D eigenvalue weighted by atomic mass is 9.42. The summed E-state index contributed by atoms with van der Waals surface area (Å²) in [5.74, 6) is -1.11. The Kier molecular flexibility index (Phi) is 3.68. The molecule has 0 saturated heterocycles. The van der Waals surface area contributed by atoms with Crippen LogP contribution < -0.4 is 0 Å². The van der Waals surface area contributed by atoms with Crippen LogP contribution in [0, 0.1) is 22.7 Å². The van der Waals surface area contributed by atoms with Gasteiger partial charge in [0.25, 0.3) is 0 Å². The van der Waals surface area contributed by atoms with Gasteiger partial charge in [0, 0.05) is 6.42 Å². The van der Waals surface area contributed by atoms with E-state index in [-0.39, 0.29) is 23.7 Å². The maximum Gasteiger partial charge on any atom is 0.309 e. The average molecular weight is 326 g/mol. The zero-order valence-electron chi connectivity index (χ0n) is 14.4. The Morgan fingerprint density at radius 2 is 1.70 bits per heavy atom. The molecule has 5 heteroatoms. The molecule has 3 aliphatic rings. The first-order valence-electron chi connectivity index (χ1n) is 8.82. The number of carbonyl (C=O) groups is 1. The van der Waals surface area contributed by atoms with Crippen LogP contribution in [0.4, 0.5) is 0 Å². The highest BCUT2D eigenvalue weighted by Crippen LogP contribution is 2.65. The molecule has 3 saturated carbocycles. The van der Waals surface area contributed by atoms with Gasteiger partial charge in [0.1, 0.15) is 0 Å². The van der Waals surface area contributed by atoms with Gasteiger partial charge in [-0.2, -0.15) is 0 Å². The third-order valence-corrected chi connectivity index (χ3v) is 7.54. The molecule has 3 rings (SSSR count). The molecule has 23 heavy (non-hydrogen) atoms. The zero-order valence-corrected chi connectivity index (χ0v) is 14.4. The summed E-state index contributed by atoms with van der Waals surface area (Å²) in [7, 11) is 0. The normalized spacial score (nSPS) is 56.5. The van der Waals surface area contributed by atoms with Crippen molar-refractivity contribution in [3.63, 3.8) is 0 Å². The molecule has 0 unspecified atom stereocenters. The fraction of sp³-hybridized carbons (Fsp3) is 0.944. The van der Waals surface area contributed by atoms with E-state index >= 15 is 0 Å². The van der Waals surface area contributed by atoms with Gasteiger partial charge in [-0.1, -0.05) is 13.3 Å². The summed E-state index contributed by atoms with van der Waals surface area (Å²) in [6.45, 7) is 5.61. The van der Waals surface area contributed by atoms with E-state index in [2.05, 4.69) is 6.92 Å². The van der Waals surface area contributed by atoms with Crippen molar-refractivity contribution in [2.45, 2.75) is 83.0 Å². The van der Waals surface area contributed by atoms with Gasteiger partial charge in [0.2, 0.25) is 0 Å². The van der Waals surface area contributed by atoms with Crippen molar-refractivity contribution in [2.75, 3.05) is 0 Å². The first-order chi connectivity index (χ1) is 10.5. The summed E-state index contributed by atoms with van der Waals surface area (Å²) in [4.78, 5) is 11.9. The minimum atomic E-state index is -1.32. The molecule has 0 amide bonds. The third-order valence-electron chi connectivity index (χ3n) is 7.54. The predicted octanol–water partition coefficient (Wildman–Crippen LogP) is 1.93. The van der Waals surface area contributed by atoms with E-state index in [1.807, 2.05) is 0 Å². The molecule has 0 radical (unpaired) electrons. The Morgan fingerprint density at radius 3 is 2.30 bits per heavy atom. The summed E-state index contributed by atoms with van der Waals surface area (Å²) in [5, 5.41) is 42.2. The minimum Gasteiger partial charge on any atom is -0.481 e. The Labute approximate surface area is 137 Å². The average Bonchev–Trinajstić information content (AvgIpc) is 2.40. The number of carboxylic acid groups (broad SMARTS) is 1. The molecule has 0 aromatic heterocycles. The number of aliphatic carboxylic acids is 1. The first kappa shape index (κ1) is 17.2. The molecular weight excluding hydrogens is 296 g/mol. The van der Waals surface area contributed by atoms with Crippen molar-refractivity contribution < 1.29 is 25.2 Å². The van der Waals surface area contributed by atoms with Crippen LogP contribution in [0.25, 0.3) is 0 Å². The van der Waals surface area contributed by atoms with Gasteiger partial charge in [-0.05, 0) is 63.2 Å². The van der Waals surface area contributed by atoms with Gasteiger partial charge in [0.15, 0.2) is 0 Å². The van der Waals surface area contributed by atoms with Crippen molar-refractivity contribution >= 4 is 5.97 Å². The second-order valence-electron chi connectivity index (χ2n) is 9.14. The third kappa shape index (κ3) is 2.27. The van der Waals surface area contributed by atoms with Gasteiger partial charge >= 0.3 is 5.97 Å². The number of aliphatic hydroxyl groups excluding tert-OH is 1. The summed E-state index contributed by atoms with van der Waals surface area (Å²) >= 11 is 0. The van der Waals surface area contributed by atoms with E-state index in [0.717, 1.165) is 12.8 Å². The second kappa shape index (κ2) is 4.93. The van der Waals surface area contributed by atoms with Crippen LogP contribution >= 0.6 is 0 Å². The highest BCUT2D eigenvalue weighted by Gasteiger charge is 2.67. The SMILES string of the molecule is C[C@]1(O)CC[C@@H]2[C@@]3(C)CCC[C@@](C)(C(=O)O)[C@@H]3C[C@H](O)[C@@]2(O)C1. The van der Waals surface area contributed by atoms with Gasteiger partial charge in [0.05, 0.1) is 22.7 Å². The molecule has 3 aliphatic carbocycles. The molecule has 0 aromatic rings. The minimum absolute atomic E-state index is 0.149. The van der Waals surface area contributed by atoms with Gasteiger partial charge in [-0.25, -0.2) is 0 Å². The number of hydrogen-bond donors (Lipinski definition) is 4. The molecule has 3 fully saturated rings. The molecule has 5 nitrogen and oxygen atoms in total. The monoisotopic (exact) mass is 326 g/mol. The lowest BCUT2D eigenvalue weighted by Gasteiger charge is -2.65. The van der Waals surface area contributed by atoms with E-state index in [9.17, 15) is 25.2 Å². The van der Waals surface area contributed by atoms with E-state index in [1.54, 1.807) is 13.8 Å². The lowest BCUT2D eigenvalue weighted by molar-refractivity contribution is -0.263. The zero-order chi connectivity index (χ0) is 17.3. The fourth-order valence-electron chi connectivity index (χ4n) is 6.32. The molecule has 0 heterocycles. The number of aliphatic hydroxyl groups is 3. The van der Waals surface area contributed by atoms with Crippen molar-refractivity contribution in [3.8, 4) is 0 Å². The van der Waals surface area contributed by atoms with E-state index in [4.69, 9.17) is 0 Å². The Hall–Kier alpha value is -0.650. The van der Waals surface area contributed by atoms with E-state index < -0.39 is 28.7 Å². The van der Waals surface area contributed by atoms with Gasteiger partial charge < -0.3 is 20.4 Å². The van der Waals surface area contributed by atoms with Crippen LogP contribution in [0.2, 0.25) is 0 Å². The summed E-state index contributed by atoms with van der Waals surface area (Å²) in [6, 6.07) is 0. The first-order valence-corrected chi connectivity index (χ1v) is 8.82. The van der Waals surface area contributed by atoms with Gasteiger partial charge in [-0.15, -0.1) is 0 Å². The fourth-order valence-corrected chi connectivity index (χ4v) is 6.32. The molecule has 4 N–H and O–H groups in total. The lowest BCUT2D eigenvalue weighted by Crippen LogP contribution is -2.69. The number of fused-ring (bicyclic) bond motifs is 3. The number of carboxylic acids is 1. The van der Waals surface area contributed by atoms with E-state index in [1.165, 1.54) is 0 Å². The molecule has 7 atom stereocenters. The highest BCUT2D eigenvalue weighted by molar-refractivity contribution is 5.75. The summed E-state index contributed by atoms with van der Waals surface area (Å²) < 4.78 is 0. The molecular formula is C18H30O5. The molecule has 0 aliphatic heterocycles. The van der Waals surface area contributed by atoms with Crippen LogP contribution in [0.1, 0.15) is 65.7 Å². The summed E-state index contributed by atoms with van der Waals surface area (Å²) in [5.41, 5.74) is -3.45. The number of rotatable bonds is 1. The maximum absolute atomic E-state index is 11.9. The Bertz CT molecular complexity index is 518.